The lowest BCUT2D eigenvalue weighted by molar-refractivity contribution is 0.346. The van der Waals surface area contributed by atoms with Crippen molar-refractivity contribution in [1.29, 1.82) is 0 Å². The Morgan fingerprint density at radius 1 is 1.00 bits per heavy atom. The van der Waals surface area contributed by atoms with Gasteiger partial charge in [-0.15, -0.1) is 11.3 Å². The molecule has 1 aliphatic rings. The summed E-state index contributed by atoms with van der Waals surface area (Å²) in [7, 11) is -1.83. The first kappa shape index (κ1) is 24.4. The van der Waals surface area contributed by atoms with Crippen molar-refractivity contribution in [1.82, 2.24) is 13.9 Å². The second-order valence-corrected chi connectivity index (χ2v) is 11.4. The maximum atomic E-state index is 13.1. The monoisotopic (exact) mass is 520 g/mol. The second kappa shape index (κ2) is 10.8. The molecule has 36 heavy (non-hydrogen) atoms. The highest BCUT2D eigenvalue weighted by atomic mass is 32.2. The summed E-state index contributed by atoms with van der Waals surface area (Å²) in [5.74, 6) is 0.781. The molecule has 0 radical (unpaired) electrons. The van der Waals surface area contributed by atoms with Gasteiger partial charge in [0.1, 0.15) is 5.75 Å². The van der Waals surface area contributed by atoms with Crippen LogP contribution in [0.3, 0.4) is 0 Å². The summed E-state index contributed by atoms with van der Waals surface area (Å²) in [6.45, 7) is 1.78. The predicted molar refractivity (Wildman–Crippen MR) is 142 cm³/mol. The molecule has 2 aromatic carbocycles. The predicted octanol–water partition coefficient (Wildman–Crippen LogP) is 5.08. The molecule has 9 heteroatoms. The molecule has 7 nitrogen and oxygen atoms in total. The summed E-state index contributed by atoms with van der Waals surface area (Å²) in [5.41, 5.74) is 3.78. The van der Waals surface area contributed by atoms with E-state index in [-0.39, 0.29) is 0 Å². The lowest BCUT2D eigenvalue weighted by atomic mass is 10.1. The van der Waals surface area contributed by atoms with Crippen LogP contribution in [0.5, 0.6) is 5.75 Å². The molecule has 1 saturated heterocycles. The SMILES string of the molecule is COc1ccc(N=c2scc(-c3ccc(S(=O)(=O)N4CCCCC4)cc3)n2Cc2cccnc2)cc1. The number of aromatic nitrogens is 2. The number of hydrogen-bond acceptors (Lipinski definition) is 6. The minimum Gasteiger partial charge on any atom is -0.497 e. The zero-order chi connectivity index (χ0) is 25.0. The third-order valence-electron chi connectivity index (χ3n) is 6.26. The molecule has 1 aliphatic heterocycles. The van der Waals surface area contributed by atoms with E-state index in [4.69, 9.17) is 9.73 Å². The minimum atomic E-state index is -3.47. The summed E-state index contributed by atoms with van der Waals surface area (Å²) >= 11 is 1.55. The van der Waals surface area contributed by atoms with Crippen molar-refractivity contribution in [3.8, 4) is 17.0 Å². The number of methoxy groups -OCH3 is 1. The number of benzene rings is 2. The number of sulfonamides is 1. The molecular weight excluding hydrogens is 492 g/mol. The number of piperidine rings is 1. The highest BCUT2D eigenvalue weighted by Crippen LogP contribution is 2.26. The second-order valence-electron chi connectivity index (χ2n) is 8.65. The third kappa shape index (κ3) is 5.28. The summed E-state index contributed by atoms with van der Waals surface area (Å²) in [5, 5.41) is 2.06. The molecule has 4 aromatic rings. The van der Waals surface area contributed by atoms with Crippen LogP contribution in [0.25, 0.3) is 11.3 Å². The number of rotatable bonds is 7. The van der Waals surface area contributed by atoms with Gasteiger partial charge >= 0.3 is 0 Å². The Morgan fingerprint density at radius 2 is 1.75 bits per heavy atom. The largest absolute Gasteiger partial charge is 0.497 e. The van der Waals surface area contributed by atoms with E-state index in [2.05, 4.69) is 14.9 Å². The van der Waals surface area contributed by atoms with Crippen molar-refractivity contribution in [3.63, 3.8) is 0 Å². The van der Waals surface area contributed by atoms with E-state index in [9.17, 15) is 8.42 Å². The van der Waals surface area contributed by atoms with Crippen LogP contribution in [-0.4, -0.2) is 42.5 Å². The average Bonchev–Trinajstić information content (AvgIpc) is 3.32. The van der Waals surface area contributed by atoms with Crippen molar-refractivity contribution >= 4 is 27.0 Å². The van der Waals surface area contributed by atoms with Crippen molar-refractivity contribution in [2.24, 2.45) is 4.99 Å². The molecule has 0 atom stereocenters. The number of nitrogens with zero attached hydrogens (tertiary/aromatic N) is 4. The molecule has 3 heterocycles. The lowest BCUT2D eigenvalue weighted by Gasteiger charge is -2.25. The van der Waals surface area contributed by atoms with Crippen LogP contribution in [0, 0.1) is 0 Å². The molecule has 0 saturated carbocycles. The molecule has 186 valence electrons. The van der Waals surface area contributed by atoms with Crippen LogP contribution in [0.1, 0.15) is 24.8 Å². The van der Waals surface area contributed by atoms with Crippen molar-refractivity contribution in [2.75, 3.05) is 20.2 Å². The lowest BCUT2D eigenvalue weighted by Crippen LogP contribution is -2.35. The van der Waals surface area contributed by atoms with E-state index in [1.165, 1.54) is 0 Å². The number of pyridine rings is 1. The van der Waals surface area contributed by atoms with Gasteiger partial charge in [-0.1, -0.05) is 24.6 Å². The highest BCUT2D eigenvalue weighted by molar-refractivity contribution is 7.89. The standard InChI is InChI=1S/C27H28N4O3S2/c1-34-24-11-9-23(10-12-24)29-27-31(19-21-6-5-15-28-18-21)26(20-35-27)22-7-13-25(14-8-22)36(32,33)30-16-3-2-4-17-30/h5-15,18,20H,2-4,16-17,19H2,1H3. The number of ether oxygens (including phenoxy) is 1. The van der Waals surface area contributed by atoms with Crippen LogP contribution in [0.2, 0.25) is 0 Å². The average molecular weight is 521 g/mol. The van der Waals surface area contributed by atoms with Crippen LogP contribution in [0.4, 0.5) is 5.69 Å². The van der Waals surface area contributed by atoms with Gasteiger partial charge in [0, 0.05) is 30.9 Å². The van der Waals surface area contributed by atoms with Gasteiger partial charge in [-0.25, -0.2) is 13.4 Å². The molecule has 0 unspecified atom stereocenters. The van der Waals surface area contributed by atoms with Gasteiger partial charge in [0.2, 0.25) is 10.0 Å². The van der Waals surface area contributed by atoms with Crippen molar-refractivity contribution in [3.05, 3.63) is 88.8 Å². The smallest absolute Gasteiger partial charge is 0.243 e. The first-order chi connectivity index (χ1) is 17.5. The fourth-order valence-corrected chi connectivity index (χ4v) is 6.74. The van der Waals surface area contributed by atoms with Crippen LogP contribution in [-0.2, 0) is 16.6 Å². The van der Waals surface area contributed by atoms with E-state index < -0.39 is 10.0 Å². The molecule has 0 spiro atoms. The molecule has 0 N–H and O–H groups in total. The molecular formula is C27H28N4O3S2. The van der Waals surface area contributed by atoms with Gasteiger partial charge < -0.3 is 9.30 Å². The molecule has 0 bridgehead atoms. The Morgan fingerprint density at radius 3 is 2.42 bits per heavy atom. The van der Waals surface area contributed by atoms with Gasteiger partial charge in [-0.3, -0.25) is 4.98 Å². The van der Waals surface area contributed by atoms with E-state index in [0.717, 1.165) is 52.3 Å². The Balaban J connectivity index is 1.52. The number of thiazole rings is 1. The Labute approximate surface area is 215 Å². The molecule has 0 aliphatic carbocycles. The molecule has 2 aromatic heterocycles. The Hall–Kier alpha value is -3.27. The molecule has 0 amide bonds. The number of hydrogen-bond donors (Lipinski definition) is 0. The topological polar surface area (TPSA) is 76.8 Å². The summed E-state index contributed by atoms with van der Waals surface area (Å²) in [6.07, 6.45) is 6.53. The molecule has 5 rings (SSSR count). The van der Waals surface area contributed by atoms with E-state index in [1.54, 1.807) is 41.1 Å². The summed E-state index contributed by atoms with van der Waals surface area (Å²) in [6, 6.07) is 18.8. The van der Waals surface area contributed by atoms with Gasteiger partial charge in [0.25, 0.3) is 0 Å². The van der Waals surface area contributed by atoms with Gasteiger partial charge in [-0.2, -0.15) is 4.31 Å². The van der Waals surface area contributed by atoms with Crippen LogP contribution < -0.4 is 9.54 Å². The minimum absolute atomic E-state index is 0.338. The first-order valence-corrected chi connectivity index (χ1v) is 14.2. The zero-order valence-corrected chi connectivity index (χ0v) is 21.7. The highest BCUT2D eigenvalue weighted by Gasteiger charge is 2.25. The van der Waals surface area contributed by atoms with Gasteiger partial charge in [-0.05, 0) is 66.4 Å². The maximum Gasteiger partial charge on any atom is 0.243 e. The summed E-state index contributed by atoms with van der Waals surface area (Å²) in [4.78, 5) is 10.3. The summed E-state index contributed by atoms with van der Waals surface area (Å²) < 4.78 is 35.2. The van der Waals surface area contributed by atoms with Gasteiger partial charge in [0.15, 0.2) is 4.80 Å². The fourth-order valence-electron chi connectivity index (χ4n) is 4.30. The normalized spacial score (nSPS) is 15.2. The van der Waals surface area contributed by atoms with Crippen LogP contribution >= 0.6 is 11.3 Å². The van der Waals surface area contributed by atoms with E-state index in [1.807, 2.05) is 54.7 Å². The first-order valence-electron chi connectivity index (χ1n) is 11.9. The van der Waals surface area contributed by atoms with Crippen LogP contribution in [0.15, 0.2) is 88.3 Å². The zero-order valence-electron chi connectivity index (χ0n) is 20.1. The third-order valence-corrected chi connectivity index (χ3v) is 9.04. The maximum absolute atomic E-state index is 13.1. The Bertz CT molecular complexity index is 1470. The van der Waals surface area contributed by atoms with E-state index in [0.29, 0.717) is 24.5 Å². The van der Waals surface area contributed by atoms with Crippen molar-refractivity contribution in [2.45, 2.75) is 30.7 Å². The molecule has 1 fully saturated rings. The quantitative estimate of drug-likeness (QED) is 0.341. The Kier molecular flexibility index (Phi) is 7.31. The fraction of sp³-hybridized carbons (Fsp3) is 0.259. The van der Waals surface area contributed by atoms with E-state index >= 15 is 0 Å². The van der Waals surface area contributed by atoms with Gasteiger partial charge in [0.05, 0.1) is 29.9 Å². The van der Waals surface area contributed by atoms with Crippen molar-refractivity contribution < 1.29 is 13.2 Å².